The van der Waals surface area contributed by atoms with E-state index in [4.69, 9.17) is 14.2 Å². The van der Waals surface area contributed by atoms with E-state index in [1.807, 2.05) is 31.7 Å². The van der Waals surface area contributed by atoms with Crippen LogP contribution in [0.2, 0.25) is 0 Å². The van der Waals surface area contributed by atoms with E-state index in [0.29, 0.717) is 23.4 Å². The van der Waals surface area contributed by atoms with Gasteiger partial charge in [-0.2, -0.15) is 10.1 Å². The monoisotopic (exact) mass is 470 g/mol. The number of nitrogens with one attached hydrogen (secondary N) is 2. The number of hydrogen-bond acceptors (Lipinski definition) is 8. The van der Waals surface area contributed by atoms with E-state index in [1.165, 1.54) is 0 Å². The third-order valence-corrected chi connectivity index (χ3v) is 6.66. The fourth-order valence-electron chi connectivity index (χ4n) is 5.20. The van der Waals surface area contributed by atoms with Crippen LogP contribution in [-0.2, 0) is 9.47 Å². The number of H-pyrrole nitrogens is 1. The molecule has 0 aromatic carbocycles. The van der Waals surface area contributed by atoms with E-state index in [0.717, 1.165) is 57.4 Å². The zero-order chi connectivity index (χ0) is 23.7. The second-order valence-electron chi connectivity index (χ2n) is 10.5. The first-order chi connectivity index (χ1) is 16.3. The molecule has 5 heterocycles. The van der Waals surface area contributed by atoms with Crippen molar-refractivity contribution in [1.82, 2.24) is 25.1 Å². The van der Waals surface area contributed by atoms with Gasteiger partial charge in [-0.15, -0.1) is 0 Å². The van der Waals surface area contributed by atoms with Crippen molar-refractivity contribution >= 4 is 17.7 Å². The zero-order valence-electron chi connectivity index (χ0n) is 20.1. The van der Waals surface area contributed by atoms with Crippen molar-refractivity contribution in [3.8, 4) is 5.88 Å². The summed E-state index contributed by atoms with van der Waals surface area (Å²) in [5.74, 6) is 2.09. The molecule has 2 aromatic rings. The van der Waals surface area contributed by atoms with Crippen LogP contribution in [0.4, 0.5) is 16.4 Å². The van der Waals surface area contributed by atoms with E-state index in [2.05, 4.69) is 25.5 Å². The molecule has 0 saturated carbocycles. The molecule has 0 spiro atoms. The molecular formula is C24H34N6O4. The molecule has 3 aliphatic heterocycles. The zero-order valence-corrected chi connectivity index (χ0v) is 20.1. The summed E-state index contributed by atoms with van der Waals surface area (Å²) >= 11 is 0. The number of carbonyl (C=O) groups excluding carboxylic acids is 1. The Hall–Kier alpha value is -2.88. The maximum absolute atomic E-state index is 12.8. The summed E-state index contributed by atoms with van der Waals surface area (Å²) in [5, 5.41) is 10.6. The van der Waals surface area contributed by atoms with Crippen LogP contribution >= 0.6 is 0 Å². The van der Waals surface area contributed by atoms with Crippen molar-refractivity contribution in [1.29, 1.82) is 0 Å². The van der Waals surface area contributed by atoms with Crippen LogP contribution in [0, 0.1) is 0 Å². The predicted molar refractivity (Wildman–Crippen MR) is 125 cm³/mol. The Balaban J connectivity index is 1.21. The quantitative estimate of drug-likeness (QED) is 0.670. The first-order valence-corrected chi connectivity index (χ1v) is 12.2. The van der Waals surface area contributed by atoms with Crippen LogP contribution in [0.5, 0.6) is 5.88 Å². The van der Waals surface area contributed by atoms with Gasteiger partial charge in [-0.1, -0.05) is 0 Å². The SMILES string of the molecule is CC(C)(C)OC(=O)N1[C@@H]2CCC[C@H]1CC(Oc1cncc(Nc3cc([C@H]4CCOC4)[nH]n3)n1)C2. The minimum Gasteiger partial charge on any atom is -0.473 e. The Kier molecular flexibility index (Phi) is 6.33. The molecule has 2 bridgehead atoms. The van der Waals surface area contributed by atoms with Gasteiger partial charge in [0.05, 0.1) is 19.0 Å². The maximum atomic E-state index is 12.8. The molecule has 1 unspecified atom stereocenters. The number of carbonyl (C=O) groups is 1. The topological polar surface area (TPSA) is 114 Å². The average molecular weight is 471 g/mol. The normalized spacial score (nSPS) is 26.9. The number of hydrogen-bond donors (Lipinski definition) is 2. The van der Waals surface area contributed by atoms with Gasteiger partial charge >= 0.3 is 6.09 Å². The molecule has 3 saturated heterocycles. The van der Waals surface area contributed by atoms with Gasteiger partial charge in [0.15, 0.2) is 11.6 Å². The first kappa shape index (κ1) is 22.9. The van der Waals surface area contributed by atoms with Crippen LogP contribution < -0.4 is 10.1 Å². The van der Waals surface area contributed by atoms with Crippen molar-refractivity contribution < 1.29 is 19.0 Å². The molecule has 2 N–H and O–H groups in total. The van der Waals surface area contributed by atoms with E-state index in [9.17, 15) is 4.79 Å². The average Bonchev–Trinajstić information content (AvgIpc) is 3.44. The summed E-state index contributed by atoms with van der Waals surface area (Å²) in [6.07, 6.45) is 8.65. The number of ether oxygens (including phenoxy) is 3. The second kappa shape index (κ2) is 9.40. The number of aromatic nitrogens is 4. The Bertz CT molecular complexity index is 985. The predicted octanol–water partition coefficient (Wildman–Crippen LogP) is 4.15. The molecule has 10 nitrogen and oxygen atoms in total. The Morgan fingerprint density at radius 1 is 1.18 bits per heavy atom. The smallest absolute Gasteiger partial charge is 0.410 e. The molecule has 3 fully saturated rings. The van der Waals surface area contributed by atoms with Crippen LogP contribution in [0.15, 0.2) is 18.5 Å². The van der Waals surface area contributed by atoms with Crippen LogP contribution in [0.25, 0.3) is 0 Å². The van der Waals surface area contributed by atoms with E-state index in [1.54, 1.807) is 12.4 Å². The number of aromatic amines is 1. The summed E-state index contributed by atoms with van der Waals surface area (Å²) in [6.45, 7) is 7.23. The van der Waals surface area contributed by atoms with E-state index >= 15 is 0 Å². The Labute approximate surface area is 199 Å². The number of rotatable bonds is 5. The third kappa shape index (κ3) is 5.27. The molecule has 2 aromatic heterocycles. The number of amides is 1. The highest BCUT2D eigenvalue weighted by atomic mass is 16.6. The van der Waals surface area contributed by atoms with Crippen LogP contribution in [0.3, 0.4) is 0 Å². The van der Waals surface area contributed by atoms with Crippen molar-refractivity contribution in [3.63, 3.8) is 0 Å². The molecule has 34 heavy (non-hydrogen) atoms. The molecule has 0 radical (unpaired) electrons. The minimum atomic E-state index is -0.498. The van der Waals surface area contributed by atoms with Gasteiger partial charge in [0.2, 0.25) is 5.88 Å². The van der Waals surface area contributed by atoms with Gasteiger partial charge < -0.3 is 24.4 Å². The molecular weight excluding hydrogens is 436 g/mol. The highest BCUT2D eigenvalue weighted by Gasteiger charge is 2.43. The number of anilines is 2. The molecule has 1 amide bonds. The Morgan fingerprint density at radius 2 is 1.97 bits per heavy atom. The van der Waals surface area contributed by atoms with Gasteiger partial charge in [-0.25, -0.2) is 4.79 Å². The van der Waals surface area contributed by atoms with Crippen molar-refractivity contribution in [2.45, 2.75) is 89.0 Å². The fourth-order valence-corrected chi connectivity index (χ4v) is 5.20. The van der Waals surface area contributed by atoms with Gasteiger partial charge in [0.1, 0.15) is 11.7 Å². The second-order valence-corrected chi connectivity index (χ2v) is 10.5. The number of fused-ring (bicyclic) bond motifs is 2. The highest BCUT2D eigenvalue weighted by Crippen LogP contribution is 2.36. The lowest BCUT2D eigenvalue weighted by atomic mass is 9.83. The fraction of sp³-hybridized carbons (Fsp3) is 0.667. The third-order valence-electron chi connectivity index (χ3n) is 6.66. The number of piperidine rings is 2. The molecule has 5 rings (SSSR count). The summed E-state index contributed by atoms with van der Waals surface area (Å²) in [5.41, 5.74) is 0.561. The first-order valence-electron chi connectivity index (χ1n) is 12.2. The lowest BCUT2D eigenvalue weighted by molar-refractivity contribution is -0.0412. The lowest BCUT2D eigenvalue weighted by Crippen LogP contribution is -2.57. The van der Waals surface area contributed by atoms with Crippen LogP contribution in [0.1, 0.15) is 70.9 Å². The highest BCUT2D eigenvalue weighted by molar-refractivity contribution is 5.69. The minimum absolute atomic E-state index is 0.0158. The molecule has 4 atom stereocenters. The molecule has 3 aliphatic rings. The molecule has 0 aliphatic carbocycles. The summed E-state index contributed by atoms with van der Waals surface area (Å²) < 4.78 is 17.4. The van der Waals surface area contributed by atoms with Crippen molar-refractivity contribution in [2.24, 2.45) is 0 Å². The van der Waals surface area contributed by atoms with Gasteiger partial charge in [-0.3, -0.25) is 10.1 Å². The largest absolute Gasteiger partial charge is 0.473 e. The lowest BCUT2D eigenvalue weighted by Gasteiger charge is -2.48. The van der Waals surface area contributed by atoms with Gasteiger partial charge in [-0.05, 0) is 46.5 Å². The van der Waals surface area contributed by atoms with Gasteiger partial charge in [0.25, 0.3) is 0 Å². The van der Waals surface area contributed by atoms with Crippen molar-refractivity contribution in [2.75, 3.05) is 18.5 Å². The molecule has 10 heteroatoms. The summed E-state index contributed by atoms with van der Waals surface area (Å²) in [6, 6.07) is 2.25. The summed E-state index contributed by atoms with van der Waals surface area (Å²) in [7, 11) is 0. The number of nitrogens with zero attached hydrogens (tertiary/aromatic N) is 4. The Morgan fingerprint density at radius 3 is 2.68 bits per heavy atom. The van der Waals surface area contributed by atoms with Gasteiger partial charge in [0, 0.05) is 49.2 Å². The standard InChI is InChI=1S/C24H34N6O4/c1-24(2,3)34-23(31)30-16-5-4-6-17(30)10-18(9-16)33-22-13-25-12-21(27-22)26-20-11-19(28-29-20)15-7-8-32-14-15/h11-13,15-18H,4-10,14H2,1-3H3,(H2,26,27,28,29)/t15-,16-,17+,18?/m0/s1. The molecule has 184 valence electrons. The van der Waals surface area contributed by atoms with E-state index in [-0.39, 0.29) is 24.3 Å². The van der Waals surface area contributed by atoms with E-state index < -0.39 is 5.60 Å². The maximum Gasteiger partial charge on any atom is 0.410 e. The van der Waals surface area contributed by atoms with Crippen LogP contribution in [-0.4, -0.2) is 68.2 Å². The van der Waals surface area contributed by atoms with Crippen molar-refractivity contribution in [3.05, 3.63) is 24.2 Å². The summed E-state index contributed by atoms with van der Waals surface area (Å²) in [4.78, 5) is 23.6.